The lowest BCUT2D eigenvalue weighted by molar-refractivity contribution is -0.119. The number of amides is 1. The Bertz CT molecular complexity index is 179. The lowest BCUT2D eigenvalue weighted by atomic mass is 10.3. The van der Waals surface area contributed by atoms with E-state index in [1.807, 2.05) is 6.92 Å². The Kier molecular flexibility index (Phi) is 3.97. The molecular weight excluding hydrogens is 128 g/mol. The van der Waals surface area contributed by atoms with Gasteiger partial charge >= 0.3 is 0 Å². The van der Waals surface area contributed by atoms with Crippen LogP contribution < -0.4 is 5.32 Å². The molecule has 0 aliphatic carbocycles. The van der Waals surface area contributed by atoms with Crippen molar-refractivity contribution in [3.8, 4) is 6.07 Å². The van der Waals surface area contributed by atoms with Crippen molar-refractivity contribution in [3.63, 3.8) is 0 Å². The summed E-state index contributed by atoms with van der Waals surface area (Å²) in [6.45, 7) is 5.86. The fourth-order valence-corrected chi connectivity index (χ4v) is 0.384. The quantitative estimate of drug-likeness (QED) is 0.580. The molecule has 0 saturated carbocycles. The van der Waals surface area contributed by atoms with E-state index in [1.165, 1.54) is 0 Å². The van der Waals surface area contributed by atoms with E-state index in [1.54, 1.807) is 6.07 Å². The largest absolute Gasteiger partial charge is 0.351 e. The minimum absolute atomic E-state index is 0.0761. The first-order chi connectivity index (χ1) is 4.66. The van der Waals surface area contributed by atoms with Crippen LogP contribution in [0.2, 0.25) is 0 Å². The Morgan fingerprint density at radius 2 is 2.40 bits per heavy atom. The third-order valence-corrected chi connectivity index (χ3v) is 0.827. The predicted octanol–water partition coefficient (Wildman–Crippen LogP) is 0.592. The zero-order chi connectivity index (χ0) is 7.98. The van der Waals surface area contributed by atoms with E-state index in [2.05, 4.69) is 11.9 Å². The summed E-state index contributed by atoms with van der Waals surface area (Å²) in [5.41, 5.74) is 0.881. The van der Waals surface area contributed by atoms with E-state index < -0.39 is 0 Å². The first-order valence-electron chi connectivity index (χ1n) is 2.95. The maximum Gasteiger partial charge on any atom is 0.234 e. The van der Waals surface area contributed by atoms with Gasteiger partial charge in [-0.25, -0.2) is 0 Å². The summed E-state index contributed by atoms with van der Waals surface area (Å²) in [4.78, 5) is 10.6. The molecule has 0 spiro atoms. The molecule has 0 unspecified atom stereocenters. The van der Waals surface area contributed by atoms with Gasteiger partial charge in [0.15, 0.2) is 0 Å². The number of rotatable bonds is 3. The zero-order valence-corrected chi connectivity index (χ0v) is 5.98. The number of carbonyl (C=O) groups excluding carboxylic acids is 1. The van der Waals surface area contributed by atoms with Crippen LogP contribution in [-0.2, 0) is 4.79 Å². The van der Waals surface area contributed by atoms with Crippen LogP contribution in [0.1, 0.15) is 13.3 Å². The molecular formula is C7H10N2O. The normalized spacial score (nSPS) is 8.00. The summed E-state index contributed by atoms with van der Waals surface area (Å²) in [6.07, 6.45) is -0.0761. The van der Waals surface area contributed by atoms with Crippen molar-refractivity contribution in [1.82, 2.24) is 5.32 Å². The second-order valence-corrected chi connectivity index (χ2v) is 2.07. The van der Waals surface area contributed by atoms with Crippen LogP contribution in [0.15, 0.2) is 12.2 Å². The van der Waals surface area contributed by atoms with Crippen molar-refractivity contribution in [3.05, 3.63) is 12.2 Å². The smallest absolute Gasteiger partial charge is 0.234 e. The van der Waals surface area contributed by atoms with Crippen LogP contribution in [0, 0.1) is 11.3 Å². The number of hydrogen-bond donors (Lipinski definition) is 1. The summed E-state index contributed by atoms with van der Waals surface area (Å²) in [5, 5.41) is 10.6. The molecule has 0 aromatic carbocycles. The third-order valence-electron chi connectivity index (χ3n) is 0.827. The SMILES string of the molecule is C=C(C)CNC(=O)CC#N. The average Bonchev–Trinajstić information content (AvgIpc) is 1.85. The minimum Gasteiger partial charge on any atom is -0.351 e. The van der Waals surface area contributed by atoms with Crippen LogP contribution in [0.3, 0.4) is 0 Å². The standard InChI is InChI=1S/C7H10N2O/c1-6(2)5-9-7(10)3-4-8/h1,3,5H2,2H3,(H,9,10). The van der Waals surface area contributed by atoms with Gasteiger partial charge in [-0.2, -0.15) is 5.26 Å². The van der Waals surface area contributed by atoms with Crippen LogP contribution in [0.5, 0.6) is 0 Å². The highest BCUT2D eigenvalue weighted by Gasteiger charge is 1.96. The molecule has 1 N–H and O–H groups in total. The second-order valence-electron chi connectivity index (χ2n) is 2.07. The van der Waals surface area contributed by atoms with Crippen molar-refractivity contribution in [2.75, 3.05) is 6.54 Å². The first kappa shape index (κ1) is 8.70. The minimum atomic E-state index is -0.245. The lowest BCUT2D eigenvalue weighted by Gasteiger charge is -1.99. The summed E-state index contributed by atoms with van der Waals surface area (Å²) >= 11 is 0. The number of nitriles is 1. The van der Waals surface area contributed by atoms with E-state index in [-0.39, 0.29) is 12.3 Å². The Morgan fingerprint density at radius 1 is 1.80 bits per heavy atom. The number of nitrogens with zero attached hydrogens (tertiary/aromatic N) is 1. The Hall–Kier alpha value is -1.30. The fourth-order valence-electron chi connectivity index (χ4n) is 0.384. The van der Waals surface area contributed by atoms with Crippen LogP contribution in [0.25, 0.3) is 0 Å². The van der Waals surface area contributed by atoms with Gasteiger partial charge in [-0.05, 0) is 6.92 Å². The van der Waals surface area contributed by atoms with E-state index in [9.17, 15) is 4.79 Å². The Morgan fingerprint density at radius 3 is 2.80 bits per heavy atom. The van der Waals surface area contributed by atoms with Crippen LogP contribution >= 0.6 is 0 Å². The highest BCUT2D eigenvalue weighted by molar-refractivity contribution is 5.78. The fraction of sp³-hybridized carbons (Fsp3) is 0.429. The van der Waals surface area contributed by atoms with Gasteiger partial charge in [0.1, 0.15) is 6.42 Å². The molecule has 0 aromatic rings. The molecule has 0 aliphatic heterocycles. The Balaban J connectivity index is 3.42. The summed E-state index contributed by atoms with van der Waals surface area (Å²) < 4.78 is 0. The van der Waals surface area contributed by atoms with Crippen molar-refractivity contribution >= 4 is 5.91 Å². The molecule has 0 atom stereocenters. The lowest BCUT2D eigenvalue weighted by Crippen LogP contribution is -2.23. The molecule has 10 heavy (non-hydrogen) atoms. The molecule has 3 heteroatoms. The molecule has 0 radical (unpaired) electrons. The molecule has 0 bridgehead atoms. The van der Waals surface area contributed by atoms with Gasteiger partial charge in [-0.3, -0.25) is 4.79 Å². The monoisotopic (exact) mass is 138 g/mol. The van der Waals surface area contributed by atoms with E-state index >= 15 is 0 Å². The van der Waals surface area contributed by atoms with Crippen molar-refractivity contribution < 1.29 is 4.79 Å². The van der Waals surface area contributed by atoms with Gasteiger partial charge in [0, 0.05) is 6.54 Å². The maximum atomic E-state index is 10.6. The maximum absolute atomic E-state index is 10.6. The Labute approximate surface area is 60.3 Å². The highest BCUT2D eigenvalue weighted by Crippen LogP contribution is 1.82. The third kappa shape index (κ3) is 4.85. The zero-order valence-electron chi connectivity index (χ0n) is 5.98. The van der Waals surface area contributed by atoms with Gasteiger partial charge in [-0.15, -0.1) is 0 Å². The molecule has 0 rings (SSSR count). The number of nitrogens with one attached hydrogen (secondary N) is 1. The second kappa shape index (κ2) is 4.57. The molecule has 1 amide bonds. The van der Waals surface area contributed by atoms with Gasteiger partial charge in [0.05, 0.1) is 6.07 Å². The van der Waals surface area contributed by atoms with E-state index in [0.29, 0.717) is 6.54 Å². The van der Waals surface area contributed by atoms with Crippen molar-refractivity contribution in [1.29, 1.82) is 5.26 Å². The van der Waals surface area contributed by atoms with Gasteiger partial charge in [-0.1, -0.05) is 12.2 Å². The molecule has 3 nitrogen and oxygen atoms in total. The van der Waals surface area contributed by atoms with Gasteiger partial charge in [0.2, 0.25) is 5.91 Å². The van der Waals surface area contributed by atoms with Gasteiger partial charge in [0.25, 0.3) is 0 Å². The summed E-state index contributed by atoms with van der Waals surface area (Å²) in [7, 11) is 0. The molecule has 0 aromatic heterocycles. The molecule has 0 aliphatic rings. The number of carbonyl (C=O) groups is 1. The first-order valence-corrected chi connectivity index (χ1v) is 2.95. The molecule has 54 valence electrons. The van der Waals surface area contributed by atoms with Crippen molar-refractivity contribution in [2.24, 2.45) is 0 Å². The molecule has 0 fully saturated rings. The summed E-state index contributed by atoms with van der Waals surface area (Å²) in [5.74, 6) is -0.245. The average molecular weight is 138 g/mol. The predicted molar refractivity (Wildman–Crippen MR) is 38.1 cm³/mol. The summed E-state index contributed by atoms with van der Waals surface area (Å²) in [6, 6.07) is 1.75. The topological polar surface area (TPSA) is 52.9 Å². The van der Waals surface area contributed by atoms with Crippen LogP contribution in [-0.4, -0.2) is 12.5 Å². The molecule has 0 heterocycles. The van der Waals surface area contributed by atoms with E-state index in [0.717, 1.165) is 5.57 Å². The molecule has 0 saturated heterocycles. The van der Waals surface area contributed by atoms with Gasteiger partial charge < -0.3 is 5.32 Å². The van der Waals surface area contributed by atoms with Crippen LogP contribution in [0.4, 0.5) is 0 Å². The number of hydrogen-bond acceptors (Lipinski definition) is 2. The highest BCUT2D eigenvalue weighted by atomic mass is 16.1. The van der Waals surface area contributed by atoms with E-state index in [4.69, 9.17) is 5.26 Å². The van der Waals surface area contributed by atoms with Crippen molar-refractivity contribution in [2.45, 2.75) is 13.3 Å².